The van der Waals surface area contributed by atoms with Crippen LogP contribution in [0.25, 0.3) is 0 Å². The minimum atomic E-state index is -4.02. The molecule has 21 heavy (non-hydrogen) atoms. The Kier molecular flexibility index (Phi) is 4.15. The number of benzene rings is 1. The number of nitrogens with zero attached hydrogens (tertiary/aromatic N) is 1. The van der Waals surface area contributed by atoms with E-state index in [1.807, 2.05) is 0 Å². The summed E-state index contributed by atoms with van der Waals surface area (Å²) in [6.45, 7) is 1.71. The van der Waals surface area contributed by atoms with E-state index in [0.29, 0.717) is 5.56 Å². The van der Waals surface area contributed by atoms with E-state index in [9.17, 15) is 13.2 Å². The van der Waals surface area contributed by atoms with E-state index in [1.165, 1.54) is 30.5 Å². The second kappa shape index (κ2) is 5.71. The lowest BCUT2D eigenvalue weighted by atomic mass is 10.1. The van der Waals surface area contributed by atoms with Gasteiger partial charge in [0, 0.05) is 6.20 Å². The molecule has 1 heterocycles. The first-order valence-corrected chi connectivity index (χ1v) is 7.64. The summed E-state index contributed by atoms with van der Waals surface area (Å²) >= 11 is 5.76. The number of hydrogen-bond acceptors (Lipinski definition) is 4. The van der Waals surface area contributed by atoms with Crippen molar-refractivity contribution in [2.75, 3.05) is 4.72 Å². The van der Waals surface area contributed by atoms with Crippen LogP contribution in [0.5, 0.6) is 0 Å². The van der Waals surface area contributed by atoms with Crippen LogP contribution in [-0.2, 0) is 10.0 Å². The molecule has 0 aliphatic rings. The van der Waals surface area contributed by atoms with Gasteiger partial charge in [-0.2, -0.15) is 0 Å². The number of pyridine rings is 1. The predicted octanol–water partition coefficient (Wildman–Crippen LogP) is 2.54. The molecule has 0 aliphatic carbocycles. The molecular weight excluding hydrogens is 316 g/mol. The van der Waals surface area contributed by atoms with Crippen LogP contribution < -0.4 is 4.72 Å². The molecule has 0 fully saturated rings. The third-order valence-electron chi connectivity index (χ3n) is 2.66. The SMILES string of the molecule is Cc1ccc(NS(=O)(=O)c2cccnc2Cl)c(C(=O)O)c1. The highest BCUT2D eigenvalue weighted by molar-refractivity contribution is 7.92. The van der Waals surface area contributed by atoms with Crippen molar-refractivity contribution >= 4 is 33.3 Å². The summed E-state index contributed by atoms with van der Waals surface area (Å²) in [7, 11) is -4.02. The van der Waals surface area contributed by atoms with E-state index < -0.39 is 16.0 Å². The van der Waals surface area contributed by atoms with Crippen molar-refractivity contribution in [1.29, 1.82) is 0 Å². The van der Waals surface area contributed by atoms with Gasteiger partial charge in [-0.05, 0) is 31.2 Å². The molecule has 110 valence electrons. The second-order valence-electron chi connectivity index (χ2n) is 4.25. The topological polar surface area (TPSA) is 96.4 Å². The first-order valence-electron chi connectivity index (χ1n) is 5.78. The van der Waals surface area contributed by atoms with Crippen molar-refractivity contribution in [3.63, 3.8) is 0 Å². The van der Waals surface area contributed by atoms with E-state index in [0.717, 1.165) is 0 Å². The van der Waals surface area contributed by atoms with Crippen molar-refractivity contribution in [2.45, 2.75) is 11.8 Å². The zero-order valence-corrected chi connectivity index (χ0v) is 12.4. The lowest BCUT2D eigenvalue weighted by molar-refractivity contribution is 0.0698. The number of aromatic carboxylic acids is 1. The molecule has 0 bridgehead atoms. The summed E-state index contributed by atoms with van der Waals surface area (Å²) < 4.78 is 26.7. The van der Waals surface area contributed by atoms with Gasteiger partial charge < -0.3 is 5.11 Å². The van der Waals surface area contributed by atoms with E-state index in [1.54, 1.807) is 13.0 Å². The van der Waals surface area contributed by atoms with Crippen molar-refractivity contribution in [3.05, 3.63) is 52.8 Å². The predicted molar refractivity (Wildman–Crippen MR) is 78.2 cm³/mol. The number of carboxylic acid groups (broad SMARTS) is 1. The maximum Gasteiger partial charge on any atom is 0.337 e. The van der Waals surface area contributed by atoms with Gasteiger partial charge in [0.2, 0.25) is 0 Å². The van der Waals surface area contributed by atoms with E-state index >= 15 is 0 Å². The van der Waals surface area contributed by atoms with Crippen LogP contribution in [0.4, 0.5) is 5.69 Å². The fraction of sp³-hybridized carbons (Fsp3) is 0.0769. The first-order chi connectivity index (χ1) is 9.81. The van der Waals surface area contributed by atoms with Crippen LogP contribution in [-0.4, -0.2) is 24.5 Å². The van der Waals surface area contributed by atoms with Gasteiger partial charge >= 0.3 is 5.97 Å². The molecule has 1 aromatic carbocycles. The number of rotatable bonds is 4. The highest BCUT2D eigenvalue weighted by Crippen LogP contribution is 2.24. The highest BCUT2D eigenvalue weighted by Gasteiger charge is 2.21. The number of carbonyl (C=O) groups is 1. The summed E-state index contributed by atoms with van der Waals surface area (Å²) in [5.74, 6) is -1.23. The number of halogens is 1. The third kappa shape index (κ3) is 3.32. The van der Waals surface area contributed by atoms with E-state index in [-0.39, 0.29) is 21.3 Å². The number of sulfonamides is 1. The van der Waals surface area contributed by atoms with Crippen LogP contribution in [0.1, 0.15) is 15.9 Å². The second-order valence-corrected chi connectivity index (χ2v) is 6.26. The molecule has 0 aliphatic heterocycles. The lowest BCUT2D eigenvalue weighted by Crippen LogP contribution is -2.16. The lowest BCUT2D eigenvalue weighted by Gasteiger charge is -2.11. The van der Waals surface area contributed by atoms with Gasteiger partial charge in [-0.25, -0.2) is 18.2 Å². The largest absolute Gasteiger partial charge is 0.478 e. The van der Waals surface area contributed by atoms with Gasteiger partial charge in [0.15, 0.2) is 0 Å². The van der Waals surface area contributed by atoms with Gasteiger partial charge in [-0.3, -0.25) is 4.72 Å². The quantitative estimate of drug-likeness (QED) is 0.842. The van der Waals surface area contributed by atoms with Crippen LogP contribution in [0.3, 0.4) is 0 Å². The van der Waals surface area contributed by atoms with Crippen LogP contribution >= 0.6 is 11.6 Å². The minimum Gasteiger partial charge on any atom is -0.478 e. The monoisotopic (exact) mass is 326 g/mol. The number of anilines is 1. The Labute approximate surface area is 126 Å². The molecule has 1 aromatic heterocycles. The summed E-state index contributed by atoms with van der Waals surface area (Å²) in [5.41, 5.74) is 0.529. The summed E-state index contributed by atoms with van der Waals surface area (Å²) in [5, 5.41) is 8.95. The molecular formula is C13H11ClN2O4S. The standard InChI is InChI=1S/C13H11ClN2O4S/c1-8-4-5-10(9(7-8)13(17)18)16-21(19,20)11-3-2-6-15-12(11)14/h2-7,16H,1H3,(H,17,18). The average molecular weight is 327 g/mol. The smallest absolute Gasteiger partial charge is 0.337 e. The molecule has 0 radical (unpaired) electrons. The normalized spacial score (nSPS) is 11.1. The molecule has 0 saturated heterocycles. The molecule has 0 spiro atoms. The van der Waals surface area contributed by atoms with Gasteiger partial charge in [-0.15, -0.1) is 0 Å². The first kappa shape index (κ1) is 15.3. The van der Waals surface area contributed by atoms with Crippen LogP contribution in [0, 0.1) is 6.92 Å². The maximum atomic E-state index is 12.3. The Morgan fingerprint density at radius 2 is 2.05 bits per heavy atom. The van der Waals surface area contributed by atoms with Crippen molar-refractivity contribution in [3.8, 4) is 0 Å². The molecule has 6 nitrogen and oxygen atoms in total. The summed E-state index contributed by atoms with van der Waals surface area (Å²) in [4.78, 5) is 14.7. The number of aromatic nitrogens is 1. The van der Waals surface area contributed by atoms with Crippen LogP contribution in [0.15, 0.2) is 41.4 Å². The number of carboxylic acids is 1. The van der Waals surface area contributed by atoms with Crippen molar-refractivity contribution < 1.29 is 18.3 Å². The number of aryl methyl sites for hydroxylation is 1. The summed E-state index contributed by atoms with van der Waals surface area (Å²) in [6, 6.07) is 7.08. The Morgan fingerprint density at radius 1 is 1.33 bits per heavy atom. The Balaban J connectivity index is 2.47. The molecule has 2 rings (SSSR count). The van der Waals surface area contributed by atoms with Gasteiger partial charge in [0.1, 0.15) is 10.0 Å². The molecule has 0 saturated carbocycles. The molecule has 2 aromatic rings. The highest BCUT2D eigenvalue weighted by atomic mass is 35.5. The zero-order chi connectivity index (χ0) is 15.6. The van der Waals surface area contributed by atoms with Crippen molar-refractivity contribution in [2.24, 2.45) is 0 Å². The molecule has 0 unspecified atom stereocenters. The van der Waals surface area contributed by atoms with Gasteiger partial charge in [0.25, 0.3) is 10.0 Å². The number of hydrogen-bond donors (Lipinski definition) is 2. The fourth-order valence-electron chi connectivity index (χ4n) is 1.70. The Hall–Kier alpha value is -2.12. The fourth-order valence-corrected chi connectivity index (χ4v) is 3.23. The van der Waals surface area contributed by atoms with E-state index in [2.05, 4.69) is 9.71 Å². The third-order valence-corrected chi connectivity index (χ3v) is 4.47. The maximum absolute atomic E-state index is 12.3. The van der Waals surface area contributed by atoms with Gasteiger partial charge in [0.05, 0.1) is 11.3 Å². The molecule has 0 atom stereocenters. The van der Waals surface area contributed by atoms with Crippen LogP contribution in [0.2, 0.25) is 5.15 Å². The molecule has 0 amide bonds. The Bertz CT molecular complexity index is 806. The van der Waals surface area contributed by atoms with E-state index in [4.69, 9.17) is 16.7 Å². The summed E-state index contributed by atoms with van der Waals surface area (Å²) in [6.07, 6.45) is 1.36. The Morgan fingerprint density at radius 3 is 2.67 bits per heavy atom. The molecule has 2 N–H and O–H groups in total. The van der Waals surface area contributed by atoms with Gasteiger partial charge in [-0.1, -0.05) is 23.2 Å². The van der Waals surface area contributed by atoms with Crippen molar-refractivity contribution in [1.82, 2.24) is 4.98 Å². The number of nitrogens with one attached hydrogen (secondary N) is 1. The zero-order valence-electron chi connectivity index (χ0n) is 10.9. The minimum absolute atomic E-state index is 0.0342. The average Bonchev–Trinajstić information content (AvgIpc) is 2.40. The molecule has 8 heteroatoms.